The van der Waals surface area contributed by atoms with E-state index < -0.39 is 0 Å². The molecule has 3 aromatic heterocycles. The first-order valence-corrected chi connectivity index (χ1v) is 10.5. The Kier molecular flexibility index (Phi) is 5.45. The van der Waals surface area contributed by atoms with Crippen LogP contribution in [0.4, 0.5) is 17.3 Å². The average molecular weight is 445 g/mol. The van der Waals surface area contributed by atoms with Crippen molar-refractivity contribution in [3.05, 3.63) is 55.6 Å². The normalized spacial score (nSPS) is 16.1. The highest BCUT2D eigenvalue weighted by Crippen LogP contribution is 2.29. The molecule has 5 rings (SSSR count). The third kappa shape index (κ3) is 4.53. The van der Waals surface area contributed by atoms with Crippen molar-refractivity contribution in [3.8, 4) is 11.6 Å². The van der Waals surface area contributed by atoms with Crippen LogP contribution in [0.5, 0.6) is 11.6 Å². The average Bonchev–Trinajstić information content (AvgIpc) is 3.55. The number of likely N-dealkylation sites (tertiary alicyclic amines) is 1. The molecule has 1 aliphatic rings. The van der Waals surface area contributed by atoms with E-state index in [9.17, 15) is 4.79 Å². The molecule has 1 unspecified atom stereocenters. The van der Waals surface area contributed by atoms with E-state index in [1.807, 2.05) is 10.9 Å². The molecule has 0 aliphatic carbocycles. The number of aromatic amines is 1. The lowest BCUT2D eigenvalue weighted by molar-refractivity contribution is -0.111. The van der Waals surface area contributed by atoms with Gasteiger partial charge in [-0.05, 0) is 38.2 Å². The molecule has 1 amide bonds. The van der Waals surface area contributed by atoms with Crippen molar-refractivity contribution in [1.29, 1.82) is 0 Å². The summed E-state index contributed by atoms with van der Waals surface area (Å²) in [5.41, 5.74) is 2.38. The zero-order chi connectivity index (χ0) is 22.8. The van der Waals surface area contributed by atoms with E-state index in [2.05, 4.69) is 54.2 Å². The summed E-state index contributed by atoms with van der Waals surface area (Å²) in [7, 11) is 2.11. The second kappa shape index (κ2) is 8.71. The van der Waals surface area contributed by atoms with Crippen LogP contribution in [0.2, 0.25) is 0 Å². The van der Waals surface area contributed by atoms with Gasteiger partial charge < -0.3 is 25.3 Å². The van der Waals surface area contributed by atoms with Crippen LogP contribution in [0.1, 0.15) is 12.5 Å². The molecule has 4 aromatic rings. The van der Waals surface area contributed by atoms with Gasteiger partial charge >= 0.3 is 0 Å². The molecule has 1 saturated heterocycles. The number of anilines is 3. The Morgan fingerprint density at radius 3 is 3.06 bits per heavy atom. The van der Waals surface area contributed by atoms with Crippen LogP contribution < -0.4 is 15.4 Å². The molecule has 3 N–H and O–H groups in total. The van der Waals surface area contributed by atoms with Gasteiger partial charge in [0.2, 0.25) is 11.9 Å². The van der Waals surface area contributed by atoms with Crippen molar-refractivity contribution in [2.75, 3.05) is 30.8 Å². The highest BCUT2D eigenvalue weighted by atomic mass is 16.5. The number of fused-ring (bicyclic) bond motifs is 1. The number of likely N-dealkylation sites (N-methyl/N-ethyl adjacent to an activating group) is 1. The number of H-pyrrole nitrogens is 1. The first-order chi connectivity index (χ1) is 16.1. The van der Waals surface area contributed by atoms with E-state index in [1.165, 1.54) is 12.4 Å². The zero-order valence-electron chi connectivity index (χ0n) is 18.0. The Morgan fingerprint density at radius 1 is 1.33 bits per heavy atom. The van der Waals surface area contributed by atoms with Crippen LogP contribution in [-0.4, -0.2) is 60.7 Å². The maximum absolute atomic E-state index is 11.6. The fraction of sp³-hybridized carbons (Fsp3) is 0.227. The van der Waals surface area contributed by atoms with Crippen LogP contribution in [0.3, 0.4) is 0 Å². The molecule has 0 spiro atoms. The molecule has 1 aliphatic heterocycles. The van der Waals surface area contributed by atoms with Crippen molar-refractivity contribution in [2.45, 2.75) is 12.5 Å². The van der Waals surface area contributed by atoms with Crippen LogP contribution >= 0.6 is 0 Å². The molecule has 11 heteroatoms. The van der Waals surface area contributed by atoms with Crippen LogP contribution in [0.25, 0.3) is 11.2 Å². The molecule has 1 fully saturated rings. The Bertz CT molecular complexity index is 1310. The number of aromatic nitrogens is 6. The smallest absolute Gasteiger partial charge is 0.250 e. The van der Waals surface area contributed by atoms with Crippen LogP contribution in [0, 0.1) is 0 Å². The number of hydrogen-bond acceptors (Lipinski definition) is 8. The topological polar surface area (TPSA) is 126 Å². The number of carbonyl (C=O) groups is 1. The quantitative estimate of drug-likeness (QED) is 0.371. The van der Waals surface area contributed by atoms with Crippen molar-refractivity contribution in [2.24, 2.45) is 0 Å². The number of benzene rings is 1. The predicted molar refractivity (Wildman–Crippen MR) is 124 cm³/mol. The fourth-order valence-electron chi connectivity index (χ4n) is 3.74. The zero-order valence-corrected chi connectivity index (χ0v) is 18.0. The standard InChI is InChI=1S/C22H23N9O2/c1-3-18(32)26-14-5-4-6-17(9-14)33-21-19-20(24-13-23-19)28-22(29-21)27-15-10-25-31(11-15)16-7-8-30(2)12-16/h3-6,9-11,13,16H,1,7-8,12H2,2H3,(H,26,32)(H2,23,24,27,28,29). The molecule has 1 atom stereocenters. The van der Waals surface area contributed by atoms with Gasteiger partial charge in [0, 0.05) is 24.5 Å². The lowest BCUT2D eigenvalue weighted by atomic mass is 10.3. The number of rotatable bonds is 7. The molecule has 1 aromatic carbocycles. The summed E-state index contributed by atoms with van der Waals surface area (Å²) < 4.78 is 7.99. The van der Waals surface area contributed by atoms with E-state index in [4.69, 9.17) is 4.74 Å². The lowest BCUT2D eigenvalue weighted by Crippen LogP contribution is -2.16. The molecule has 0 bridgehead atoms. The highest BCUT2D eigenvalue weighted by molar-refractivity contribution is 5.98. The van der Waals surface area contributed by atoms with Gasteiger partial charge in [-0.3, -0.25) is 9.48 Å². The number of ether oxygens (including phenoxy) is 1. The molecule has 4 heterocycles. The Labute approximate surface area is 189 Å². The third-order valence-corrected chi connectivity index (χ3v) is 5.35. The summed E-state index contributed by atoms with van der Waals surface area (Å²) in [6.07, 6.45) is 7.51. The Morgan fingerprint density at radius 2 is 2.24 bits per heavy atom. The maximum atomic E-state index is 11.6. The van der Waals surface area contributed by atoms with Crippen LogP contribution in [0.15, 0.2) is 55.6 Å². The molecule has 0 radical (unpaired) electrons. The SMILES string of the molecule is C=CC(=O)Nc1cccc(Oc2nc(Nc3cnn(C4CCN(C)C4)c3)nc3nc[nH]c23)c1. The molecule has 11 nitrogen and oxygen atoms in total. The van der Waals surface area contributed by atoms with Gasteiger partial charge in [0.15, 0.2) is 5.65 Å². The number of nitrogens with one attached hydrogen (secondary N) is 3. The van der Waals surface area contributed by atoms with E-state index >= 15 is 0 Å². The van der Waals surface area contributed by atoms with E-state index in [1.54, 1.807) is 30.5 Å². The monoisotopic (exact) mass is 445 g/mol. The highest BCUT2D eigenvalue weighted by Gasteiger charge is 2.22. The summed E-state index contributed by atoms with van der Waals surface area (Å²) in [5.74, 6) is 0.831. The minimum Gasteiger partial charge on any atom is -0.437 e. The summed E-state index contributed by atoms with van der Waals surface area (Å²) in [5, 5.41) is 10.4. The van der Waals surface area contributed by atoms with Crippen molar-refractivity contribution in [3.63, 3.8) is 0 Å². The minimum atomic E-state index is -0.304. The Hall–Kier alpha value is -4.25. The molecule has 0 saturated carbocycles. The van der Waals surface area contributed by atoms with Gasteiger partial charge in [-0.1, -0.05) is 12.6 Å². The summed E-state index contributed by atoms with van der Waals surface area (Å²) in [6.45, 7) is 5.49. The molecular formula is C22H23N9O2. The Balaban J connectivity index is 1.38. The summed E-state index contributed by atoms with van der Waals surface area (Å²) in [4.78, 5) is 30.1. The van der Waals surface area contributed by atoms with E-state index in [0.29, 0.717) is 40.5 Å². The van der Waals surface area contributed by atoms with Crippen molar-refractivity contribution < 1.29 is 9.53 Å². The molecular weight excluding hydrogens is 422 g/mol. The van der Waals surface area contributed by atoms with Gasteiger partial charge in [0.1, 0.15) is 11.3 Å². The largest absolute Gasteiger partial charge is 0.437 e. The first kappa shape index (κ1) is 20.6. The third-order valence-electron chi connectivity index (χ3n) is 5.35. The van der Waals surface area contributed by atoms with Gasteiger partial charge in [-0.25, -0.2) is 4.98 Å². The molecule has 33 heavy (non-hydrogen) atoms. The number of carbonyl (C=O) groups excluding carboxylic acids is 1. The summed E-state index contributed by atoms with van der Waals surface area (Å²) in [6, 6.07) is 7.35. The summed E-state index contributed by atoms with van der Waals surface area (Å²) >= 11 is 0. The van der Waals surface area contributed by atoms with Gasteiger partial charge in [0.05, 0.1) is 24.3 Å². The predicted octanol–water partition coefficient (Wildman–Crippen LogP) is 3.09. The number of amides is 1. The van der Waals surface area contributed by atoms with Gasteiger partial charge in [-0.15, -0.1) is 0 Å². The van der Waals surface area contributed by atoms with Crippen molar-refractivity contribution >= 4 is 34.4 Å². The second-order valence-electron chi connectivity index (χ2n) is 7.82. The second-order valence-corrected chi connectivity index (χ2v) is 7.82. The molecule has 168 valence electrons. The first-order valence-electron chi connectivity index (χ1n) is 10.5. The fourth-order valence-corrected chi connectivity index (χ4v) is 3.74. The van der Waals surface area contributed by atoms with Crippen molar-refractivity contribution in [1.82, 2.24) is 34.6 Å². The van der Waals surface area contributed by atoms with Crippen LogP contribution in [-0.2, 0) is 4.79 Å². The van der Waals surface area contributed by atoms with Gasteiger partial charge in [-0.2, -0.15) is 15.1 Å². The number of hydrogen-bond donors (Lipinski definition) is 3. The van der Waals surface area contributed by atoms with E-state index in [-0.39, 0.29) is 5.91 Å². The van der Waals surface area contributed by atoms with E-state index in [0.717, 1.165) is 25.2 Å². The van der Waals surface area contributed by atoms with Gasteiger partial charge in [0.25, 0.3) is 5.88 Å². The minimum absolute atomic E-state index is 0.303. The number of imidazole rings is 1. The maximum Gasteiger partial charge on any atom is 0.250 e. The number of nitrogens with zero attached hydrogens (tertiary/aromatic N) is 6. The lowest BCUT2D eigenvalue weighted by Gasteiger charge is -2.11.